The molecule has 0 saturated heterocycles. The van der Waals surface area contributed by atoms with Crippen molar-refractivity contribution in [1.29, 1.82) is 0 Å². The van der Waals surface area contributed by atoms with Gasteiger partial charge in [0.25, 0.3) is 0 Å². The van der Waals surface area contributed by atoms with Crippen LogP contribution in [0, 0.1) is 11.7 Å². The first-order valence-corrected chi connectivity index (χ1v) is 6.58. The van der Waals surface area contributed by atoms with Crippen LogP contribution in [0.15, 0.2) is 18.2 Å². The number of benzene rings is 1. The first-order valence-electron chi connectivity index (χ1n) is 6.20. The highest BCUT2D eigenvalue weighted by Crippen LogP contribution is 2.21. The molecule has 0 aliphatic rings. The molecule has 18 heavy (non-hydrogen) atoms. The minimum Gasteiger partial charge on any atom is -0.383 e. The maximum atomic E-state index is 12.9. The van der Waals surface area contributed by atoms with Crippen LogP contribution in [0.1, 0.15) is 19.4 Å². The minimum absolute atomic E-state index is 0.289. The Balaban J connectivity index is 2.50. The van der Waals surface area contributed by atoms with E-state index in [1.165, 1.54) is 12.1 Å². The summed E-state index contributed by atoms with van der Waals surface area (Å²) in [6.45, 7) is 5.83. The van der Waals surface area contributed by atoms with Gasteiger partial charge in [0.1, 0.15) is 5.82 Å². The van der Waals surface area contributed by atoms with E-state index < -0.39 is 0 Å². The van der Waals surface area contributed by atoms with Gasteiger partial charge in [-0.05, 0) is 37.0 Å². The maximum Gasteiger partial charge on any atom is 0.124 e. The van der Waals surface area contributed by atoms with Gasteiger partial charge in [0.15, 0.2) is 0 Å². The van der Waals surface area contributed by atoms with E-state index >= 15 is 0 Å². The fourth-order valence-electron chi connectivity index (χ4n) is 1.80. The third-order valence-electron chi connectivity index (χ3n) is 3.18. The molecule has 0 fully saturated rings. The average molecular weight is 274 g/mol. The molecule has 1 aromatic rings. The predicted molar refractivity (Wildman–Crippen MR) is 73.6 cm³/mol. The third kappa shape index (κ3) is 4.92. The zero-order valence-electron chi connectivity index (χ0n) is 11.2. The van der Waals surface area contributed by atoms with Gasteiger partial charge in [0.2, 0.25) is 0 Å². The van der Waals surface area contributed by atoms with Crippen LogP contribution in [0.3, 0.4) is 0 Å². The van der Waals surface area contributed by atoms with Crippen LogP contribution < -0.4 is 5.32 Å². The molecule has 102 valence electrons. The predicted octanol–water partition coefficient (Wildman–Crippen LogP) is 3.28. The molecule has 1 rings (SSSR count). The third-order valence-corrected chi connectivity index (χ3v) is 3.53. The molecular weight excluding hydrogens is 253 g/mol. The van der Waals surface area contributed by atoms with Gasteiger partial charge in [-0.2, -0.15) is 0 Å². The van der Waals surface area contributed by atoms with Gasteiger partial charge >= 0.3 is 0 Å². The lowest BCUT2D eigenvalue weighted by atomic mass is 9.95. The molecule has 0 saturated carbocycles. The second-order valence-corrected chi connectivity index (χ2v) is 5.06. The molecule has 0 radical (unpaired) electrons. The molecule has 0 aliphatic heterocycles. The largest absolute Gasteiger partial charge is 0.383 e. The highest BCUT2D eigenvalue weighted by atomic mass is 35.5. The van der Waals surface area contributed by atoms with Crippen LogP contribution in [-0.2, 0) is 11.2 Å². The lowest BCUT2D eigenvalue weighted by molar-refractivity contribution is 0.192. The Bertz CT molecular complexity index is 373. The van der Waals surface area contributed by atoms with Gasteiger partial charge in [-0.15, -0.1) is 0 Å². The van der Waals surface area contributed by atoms with Crippen LogP contribution in [0.2, 0.25) is 5.02 Å². The van der Waals surface area contributed by atoms with Crippen molar-refractivity contribution in [2.75, 3.05) is 20.3 Å². The van der Waals surface area contributed by atoms with Crippen LogP contribution >= 0.6 is 11.6 Å². The fourth-order valence-corrected chi connectivity index (χ4v) is 2.05. The van der Waals surface area contributed by atoms with E-state index in [-0.39, 0.29) is 5.82 Å². The van der Waals surface area contributed by atoms with E-state index in [0.717, 1.165) is 18.5 Å². The molecule has 2 unspecified atom stereocenters. The standard InChI is InChI=1S/C14H21ClFNO/c1-10(11(2)17-6-7-18-3)8-12-4-5-13(16)9-14(12)15/h4-5,9-11,17H,6-8H2,1-3H3. The Labute approximate surface area is 113 Å². The number of hydrogen-bond acceptors (Lipinski definition) is 2. The van der Waals surface area contributed by atoms with Gasteiger partial charge in [-0.25, -0.2) is 4.39 Å². The molecule has 0 amide bonds. The summed E-state index contributed by atoms with van der Waals surface area (Å²) in [6, 6.07) is 4.95. The molecule has 1 aromatic carbocycles. The number of ether oxygens (including phenoxy) is 1. The summed E-state index contributed by atoms with van der Waals surface area (Å²) < 4.78 is 17.9. The first kappa shape index (κ1) is 15.4. The lowest BCUT2D eigenvalue weighted by Crippen LogP contribution is -2.35. The second kappa shape index (κ2) is 7.72. The van der Waals surface area contributed by atoms with Crippen molar-refractivity contribution in [3.63, 3.8) is 0 Å². The summed E-state index contributed by atoms with van der Waals surface area (Å²) in [5.74, 6) is 0.132. The molecule has 4 heteroatoms. The number of methoxy groups -OCH3 is 1. The molecule has 0 heterocycles. The number of nitrogens with one attached hydrogen (secondary N) is 1. The quantitative estimate of drug-likeness (QED) is 0.770. The monoisotopic (exact) mass is 273 g/mol. The van der Waals surface area contributed by atoms with Gasteiger partial charge < -0.3 is 10.1 Å². The molecule has 2 atom stereocenters. The summed E-state index contributed by atoms with van der Waals surface area (Å²) in [5, 5.41) is 3.90. The van der Waals surface area contributed by atoms with Crippen molar-refractivity contribution < 1.29 is 9.13 Å². The van der Waals surface area contributed by atoms with Crippen molar-refractivity contribution in [3.05, 3.63) is 34.6 Å². The Morgan fingerprint density at radius 3 is 2.72 bits per heavy atom. The molecule has 2 nitrogen and oxygen atoms in total. The zero-order chi connectivity index (χ0) is 13.5. The summed E-state index contributed by atoms with van der Waals surface area (Å²) >= 11 is 6.02. The lowest BCUT2D eigenvalue weighted by Gasteiger charge is -2.21. The molecular formula is C14H21ClFNO. The van der Waals surface area contributed by atoms with Gasteiger partial charge in [-0.1, -0.05) is 24.6 Å². The topological polar surface area (TPSA) is 21.3 Å². The van der Waals surface area contributed by atoms with Gasteiger partial charge in [0.05, 0.1) is 6.61 Å². The van der Waals surface area contributed by atoms with Crippen LogP contribution in [-0.4, -0.2) is 26.3 Å². The molecule has 0 aromatic heterocycles. The SMILES string of the molecule is COCCNC(C)C(C)Cc1ccc(F)cc1Cl. The Kier molecular flexibility index (Phi) is 6.61. The molecule has 0 bridgehead atoms. The van der Waals surface area contributed by atoms with Crippen molar-refractivity contribution in [1.82, 2.24) is 5.32 Å². The first-order chi connectivity index (χ1) is 8.54. The van der Waals surface area contributed by atoms with E-state index in [1.54, 1.807) is 13.2 Å². The van der Waals surface area contributed by atoms with E-state index in [1.807, 2.05) is 0 Å². The minimum atomic E-state index is -0.289. The van der Waals surface area contributed by atoms with Crippen molar-refractivity contribution >= 4 is 11.6 Å². The molecule has 0 aliphatic carbocycles. The summed E-state index contributed by atoms with van der Waals surface area (Å²) in [6.07, 6.45) is 0.834. The smallest absolute Gasteiger partial charge is 0.124 e. The number of hydrogen-bond donors (Lipinski definition) is 1. The number of halogens is 2. The number of rotatable bonds is 7. The van der Waals surface area contributed by atoms with Crippen LogP contribution in [0.5, 0.6) is 0 Å². The highest BCUT2D eigenvalue weighted by molar-refractivity contribution is 6.31. The van der Waals surface area contributed by atoms with E-state index in [4.69, 9.17) is 16.3 Å². The van der Waals surface area contributed by atoms with Gasteiger partial charge in [-0.3, -0.25) is 0 Å². The Morgan fingerprint density at radius 2 is 2.11 bits per heavy atom. The maximum absolute atomic E-state index is 12.9. The normalized spacial score (nSPS) is 14.5. The Morgan fingerprint density at radius 1 is 1.39 bits per heavy atom. The van der Waals surface area contributed by atoms with E-state index in [0.29, 0.717) is 23.6 Å². The summed E-state index contributed by atoms with van der Waals surface area (Å²) in [7, 11) is 1.69. The van der Waals surface area contributed by atoms with Crippen molar-refractivity contribution in [3.8, 4) is 0 Å². The Hall–Kier alpha value is -0.640. The van der Waals surface area contributed by atoms with Crippen LogP contribution in [0.4, 0.5) is 4.39 Å². The van der Waals surface area contributed by atoms with Crippen molar-refractivity contribution in [2.24, 2.45) is 5.92 Å². The van der Waals surface area contributed by atoms with E-state index in [9.17, 15) is 4.39 Å². The highest BCUT2D eigenvalue weighted by Gasteiger charge is 2.14. The van der Waals surface area contributed by atoms with E-state index in [2.05, 4.69) is 19.2 Å². The summed E-state index contributed by atoms with van der Waals surface area (Å²) in [5.41, 5.74) is 0.992. The zero-order valence-corrected chi connectivity index (χ0v) is 11.9. The van der Waals surface area contributed by atoms with Crippen LogP contribution in [0.25, 0.3) is 0 Å². The molecule has 0 spiro atoms. The average Bonchev–Trinajstić information content (AvgIpc) is 2.32. The second-order valence-electron chi connectivity index (χ2n) is 4.65. The summed E-state index contributed by atoms with van der Waals surface area (Å²) in [4.78, 5) is 0. The van der Waals surface area contributed by atoms with Gasteiger partial charge in [0, 0.05) is 24.7 Å². The molecule has 1 N–H and O–H groups in total. The fraction of sp³-hybridized carbons (Fsp3) is 0.571. The van der Waals surface area contributed by atoms with Crippen molar-refractivity contribution in [2.45, 2.75) is 26.3 Å².